The number of hydrogen-bond acceptors (Lipinski definition) is 3. The molecule has 1 aliphatic carbocycles. The van der Waals surface area contributed by atoms with Crippen LogP contribution in [0.15, 0.2) is 22.7 Å². The first-order valence-corrected chi connectivity index (χ1v) is 8.34. The van der Waals surface area contributed by atoms with E-state index in [2.05, 4.69) is 21.2 Å². The van der Waals surface area contributed by atoms with Gasteiger partial charge in [0.1, 0.15) is 5.75 Å². The quantitative estimate of drug-likeness (QED) is 0.766. The number of rotatable bonds is 6. The Morgan fingerprint density at radius 2 is 2.10 bits per heavy atom. The van der Waals surface area contributed by atoms with Crippen molar-refractivity contribution in [1.82, 2.24) is 5.32 Å². The average Bonchev–Trinajstić information content (AvgIpc) is 2.50. The predicted molar refractivity (Wildman–Crippen MR) is 85.6 cm³/mol. The SMILES string of the molecule is O=C(NCCCOC1CCCCC1)c1cc(Br)ccc1O. The molecule has 5 heteroatoms. The summed E-state index contributed by atoms with van der Waals surface area (Å²) in [6.45, 7) is 1.23. The maximum atomic E-state index is 11.9. The van der Waals surface area contributed by atoms with Gasteiger partial charge in [-0.3, -0.25) is 4.79 Å². The van der Waals surface area contributed by atoms with Crippen molar-refractivity contribution in [2.45, 2.75) is 44.6 Å². The Morgan fingerprint density at radius 1 is 1.33 bits per heavy atom. The van der Waals surface area contributed by atoms with E-state index in [1.807, 2.05) is 0 Å². The van der Waals surface area contributed by atoms with Crippen LogP contribution in [0.3, 0.4) is 0 Å². The number of aromatic hydroxyl groups is 1. The summed E-state index contributed by atoms with van der Waals surface area (Å²) in [5, 5.41) is 12.5. The summed E-state index contributed by atoms with van der Waals surface area (Å²) < 4.78 is 6.57. The van der Waals surface area contributed by atoms with Gasteiger partial charge >= 0.3 is 0 Å². The van der Waals surface area contributed by atoms with Crippen molar-refractivity contribution in [2.24, 2.45) is 0 Å². The van der Waals surface area contributed by atoms with Crippen LogP contribution in [-0.2, 0) is 4.74 Å². The minimum absolute atomic E-state index is 0.00541. The van der Waals surface area contributed by atoms with Crippen molar-refractivity contribution in [3.8, 4) is 5.75 Å². The largest absolute Gasteiger partial charge is 0.507 e. The molecule has 4 nitrogen and oxygen atoms in total. The highest BCUT2D eigenvalue weighted by molar-refractivity contribution is 9.10. The maximum absolute atomic E-state index is 11.9. The van der Waals surface area contributed by atoms with Crippen LogP contribution in [0.4, 0.5) is 0 Å². The van der Waals surface area contributed by atoms with Crippen LogP contribution in [0.2, 0.25) is 0 Å². The van der Waals surface area contributed by atoms with E-state index in [-0.39, 0.29) is 17.2 Å². The minimum Gasteiger partial charge on any atom is -0.507 e. The topological polar surface area (TPSA) is 58.6 Å². The molecule has 0 aromatic heterocycles. The summed E-state index contributed by atoms with van der Waals surface area (Å²) in [5.74, 6) is -0.263. The predicted octanol–water partition coefficient (Wildman–Crippen LogP) is 3.62. The van der Waals surface area contributed by atoms with E-state index in [0.29, 0.717) is 19.3 Å². The summed E-state index contributed by atoms with van der Waals surface area (Å²) in [4.78, 5) is 11.9. The first kappa shape index (κ1) is 16.3. The zero-order valence-electron chi connectivity index (χ0n) is 12.1. The van der Waals surface area contributed by atoms with E-state index in [4.69, 9.17) is 4.74 Å². The van der Waals surface area contributed by atoms with Gasteiger partial charge in [-0.2, -0.15) is 0 Å². The van der Waals surface area contributed by atoms with Gasteiger partial charge in [0, 0.05) is 17.6 Å². The number of carbonyl (C=O) groups excluding carboxylic acids is 1. The van der Waals surface area contributed by atoms with Gasteiger partial charge in [-0.1, -0.05) is 35.2 Å². The van der Waals surface area contributed by atoms with E-state index < -0.39 is 0 Å². The number of phenols is 1. The van der Waals surface area contributed by atoms with Crippen molar-refractivity contribution in [3.63, 3.8) is 0 Å². The molecular formula is C16H22BrNO3. The summed E-state index contributed by atoms with van der Waals surface area (Å²) in [7, 11) is 0. The minimum atomic E-state index is -0.258. The van der Waals surface area contributed by atoms with Crippen LogP contribution in [0, 0.1) is 0 Å². The lowest BCUT2D eigenvalue weighted by molar-refractivity contribution is 0.0273. The Morgan fingerprint density at radius 3 is 2.86 bits per heavy atom. The molecular weight excluding hydrogens is 334 g/mol. The second-order valence-electron chi connectivity index (χ2n) is 5.40. The van der Waals surface area contributed by atoms with Gasteiger partial charge in [0.2, 0.25) is 0 Å². The fourth-order valence-electron chi connectivity index (χ4n) is 2.54. The van der Waals surface area contributed by atoms with Gasteiger partial charge in [-0.05, 0) is 37.5 Å². The molecule has 2 rings (SSSR count). The van der Waals surface area contributed by atoms with E-state index in [1.165, 1.54) is 25.3 Å². The van der Waals surface area contributed by atoms with Crippen molar-refractivity contribution < 1.29 is 14.6 Å². The van der Waals surface area contributed by atoms with Gasteiger partial charge < -0.3 is 15.2 Å². The molecule has 1 amide bonds. The van der Waals surface area contributed by atoms with Crippen LogP contribution >= 0.6 is 15.9 Å². The number of benzene rings is 1. The summed E-state index contributed by atoms with van der Waals surface area (Å²) in [6.07, 6.45) is 7.38. The Labute approximate surface area is 134 Å². The number of hydrogen-bond donors (Lipinski definition) is 2. The Hall–Kier alpha value is -1.07. The highest BCUT2D eigenvalue weighted by Gasteiger charge is 2.14. The van der Waals surface area contributed by atoms with Crippen molar-refractivity contribution in [1.29, 1.82) is 0 Å². The molecule has 0 bridgehead atoms. The zero-order chi connectivity index (χ0) is 15.1. The van der Waals surface area contributed by atoms with Crippen molar-refractivity contribution in [3.05, 3.63) is 28.2 Å². The summed E-state index contributed by atoms with van der Waals surface area (Å²) in [5.41, 5.74) is 0.289. The van der Waals surface area contributed by atoms with Gasteiger partial charge in [0.05, 0.1) is 11.7 Å². The normalized spacial score (nSPS) is 15.9. The third kappa shape index (κ3) is 5.32. The number of nitrogens with one attached hydrogen (secondary N) is 1. The van der Waals surface area contributed by atoms with Crippen molar-refractivity contribution >= 4 is 21.8 Å². The summed E-state index contributed by atoms with van der Waals surface area (Å²) >= 11 is 3.29. The van der Waals surface area contributed by atoms with E-state index in [9.17, 15) is 9.90 Å². The first-order valence-electron chi connectivity index (χ1n) is 7.55. The fourth-order valence-corrected chi connectivity index (χ4v) is 2.90. The molecule has 1 saturated carbocycles. The zero-order valence-corrected chi connectivity index (χ0v) is 13.7. The van der Waals surface area contributed by atoms with Crippen molar-refractivity contribution in [2.75, 3.05) is 13.2 Å². The molecule has 21 heavy (non-hydrogen) atoms. The van der Waals surface area contributed by atoms with Crippen LogP contribution < -0.4 is 5.32 Å². The summed E-state index contributed by atoms with van der Waals surface area (Å²) in [6, 6.07) is 4.82. The Kier molecular flexibility index (Phi) is 6.51. The molecule has 0 radical (unpaired) electrons. The van der Waals surface area contributed by atoms with Gasteiger partial charge in [0.25, 0.3) is 5.91 Å². The van der Waals surface area contributed by atoms with Crippen LogP contribution in [0.25, 0.3) is 0 Å². The van der Waals surface area contributed by atoms with E-state index >= 15 is 0 Å². The number of ether oxygens (including phenoxy) is 1. The second kappa shape index (κ2) is 8.39. The number of amides is 1. The van der Waals surface area contributed by atoms with Gasteiger partial charge in [-0.15, -0.1) is 0 Å². The highest BCUT2D eigenvalue weighted by Crippen LogP contribution is 2.22. The number of phenolic OH excluding ortho intramolecular Hbond substituents is 1. The lowest BCUT2D eigenvalue weighted by Crippen LogP contribution is -2.26. The van der Waals surface area contributed by atoms with Gasteiger partial charge in [0.15, 0.2) is 0 Å². The smallest absolute Gasteiger partial charge is 0.255 e. The molecule has 1 aliphatic rings. The first-order chi connectivity index (χ1) is 10.2. The Bertz CT molecular complexity index is 473. The molecule has 0 saturated heterocycles. The number of halogens is 1. The molecule has 1 aromatic carbocycles. The fraction of sp³-hybridized carbons (Fsp3) is 0.562. The van der Waals surface area contributed by atoms with Crippen LogP contribution in [0.5, 0.6) is 5.75 Å². The van der Waals surface area contributed by atoms with E-state index in [1.54, 1.807) is 12.1 Å². The lowest BCUT2D eigenvalue weighted by atomic mass is 9.98. The van der Waals surface area contributed by atoms with Crippen LogP contribution in [-0.4, -0.2) is 30.3 Å². The standard InChI is InChI=1S/C16H22BrNO3/c17-12-7-8-15(19)14(11-12)16(20)18-9-4-10-21-13-5-2-1-3-6-13/h7-8,11,13,19H,1-6,9-10H2,(H,18,20). The second-order valence-corrected chi connectivity index (χ2v) is 6.32. The molecule has 0 atom stereocenters. The monoisotopic (exact) mass is 355 g/mol. The third-order valence-corrected chi connectivity index (χ3v) is 4.21. The molecule has 0 unspecified atom stereocenters. The molecule has 0 spiro atoms. The average molecular weight is 356 g/mol. The molecule has 1 aromatic rings. The van der Waals surface area contributed by atoms with Gasteiger partial charge in [-0.25, -0.2) is 0 Å². The highest BCUT2D eigenvalue weighted by atomic mass is 79.9. The maximum Gasteiger partial charge on any atom is 0.255 e. The molecule has 2 N–H and O–H groups in total. The van der Waals surface area contributed by atoms with E-state index in [0.717, 1.165) is 23.7 Å². The molecule has 0 heterocycles. The lowest BCUT2D eigenvalue weighted by Gasteiger charge is -2.21. The third-order valence-electron chi connectivity index (χ3n) is 3.72. The molecule has 0 aliphatic heterocycles. The van der Waals surface area contributed by atoms with Crippen LogP contribution in [0.1, 0.15) is 48.9 Å². The Balaban J connectivity index is 1.66. The molecule has 116 valence electrons. The number of carbonyl (C=O) groups is 1. The molecule has 1 fully saturated rings.